The minimum atomic E-state index is -0.895. The van der Waals surface area contributed by atoms with Gasteiger partial charge in [-0.05, 0) is 17.7 Å². The Labute approximate surface area is 102 Å². The van der Waals surface area contributed by atoms with Crippen LogP contribution in [-0.4, -0.2) is 32.2 Å². The maximum Gasteiger partial charge on any atom is 0.307 e. The van der Waals surface area contributed by atoms with Crippen molar-refractivity contribution in [3.63, 3.8) is 0 Å². The van der Waals surface area contributed by atoms with Crippen molar-refractivity contribution in [2.75, 3.05) is 5.32 Å². The van der Waals surface area contributed by atoms with Crippen molar-refractivity contribution in [2.24, 2.45) is 0 Å². The predicted molar refractivity (Wildman–Crippen MR) is 62.1 cm³/mol. The zero-order valence-electron chi connectivity index (χ0n) is 9.25. The Morgan fingerprint density at radius 1 is 1.28 bits per heavy atom. The Bertz CT molecular complexity index is 548. The molecule has 7 nitrogen and oxygen atoms in total. The highest BCUT2D eigenvalue weighted by molar-refractivity contribution is 6.01. The van der Waals surface area contributed by atoms with Gasteiger partial charge >= 0.3 is 5.97 Å². The van der Waals surface area contributed by atoms with Crippen molar-refractivity contribution in [1.82, 2.24) is 15.2 Å². The number of nitrogens with one attached hydrogen (secondary N) is 2. The summed E-state index contributed by atoms with van der Waals surface area (Å²) in [5.74, 6) is -1.18. The second kappa shape index (κ2) is 5.09. The second-order valence-corrected chi connectivity index (χ2v) is 3.56. The monoisotopic (exact) mass is 246 g/mol. The van der Waals surface area contributed by atoms with E-state index in [0.29, 0.717) is 11.3 Å². The Hall–Kier alpha value is -2.70. The van der Waals surface area contributed by atoms with Crippen molar-refractivity contribution >= 4 is 17.6 Å². The Morgan fingerprint density at radius 2 is 2.00 bits per heavy atom. The zero-order chi connectivity index (χ0) is 13.0. The van der Waals surface area contributed by atoms with E-state index in [4.69, 9.17) is 5.11 Å². The number of carboxylic acid groups (broad SMARTS) is 1. The highest BCUT2D eigenvalue weighted by Gasteiger charge is 2.08. The lowest BCUT2D eigenvalue weighted by Gasteiger charge is -2.03. The molecule has 0 fully saturated rings. The maximum atomic E-state index is 11.6. The van der Waals surface area contributed by atoms with Crippen LogP contribution in [0.25, 0.3) is 0 Å². The van der Waals surface area contributed by atoms with Crippen LogP contribution < -0.4 is 5.32 Å². The third kappa shape index (κ3) is 2.91. The first-order chi connectivity index (χ1) is 8.65. The van der Waals surface area contributed by atoms with Gasteiger partial charge < -0.3 is 10.4 Å². The molecule has 2 aromatic rings. The summed E-state index contributed by atoms with van der Waals surface area (Å²) in [6, 6.07) is 6.55. The van der Waals surface area contributed by atoms with Gasteiger partial charge in [0.25, 0.3) is 5.91 Å². The lowest BCUT2D eigenvalue weighted by atomic mass is 10.1. The highest BCUT2D eigenvalue weighted by atomic mass is 16.4. The van der Waals surface area contributed by atoms with E-state index >= 15 is 0 Å². The summed E-state index contributed by atoms with van der Waals surface area (Å²) < 4.78 is 0. The maximum absolute atomic E-state index is 11.6. The average molecular weight is 246 g/mol. The van der Waals surface area contributed by atoms with Gasteiger partial charge in [-0.15, -0.1) is 0 Å². The van der Waals surface area contributed by atoms with Gasteiger partial charge in [-0.25, -0.2) is 4.98 Å². The lowest BCUT2D eigenvalue weighted by Crippen LogP contribution is -2.13. The van der Waals surface area contributed by atoms with E-state index in [1.807, 2.05) is 0 Å². The van der Waals surface area contributed by atoms with Crippen LogP contribution in [0.15, 0.2) is 30.6 Å². The smallest absolute Gasteiger partial charge is 0.307 e. The first-order valence-electron chi connectivity index (χ1n) is 5.12. The van der Waals surface area contributed by atoms with Crippen LogP contribution in [0.2, 0.25) is 0 Å². The van der Waals surface area contributed by atoms with Crippen molar-refractivity contribution in [3.8, 4) is 0 Å². The number of carboxylic acids is 1. The molecular formula is C11H10N4O3. The molecule has 1 aromatic carbocycles. The first-order valence-corrected chi connectivity index (χ1v) is 5.12. The van der Waals surface area contributed by atoms with E-state index in [9.17, 15) is 9.59 Å². The number of aromatic nitrogens is 3. The summed E-state index contributed by atoms with van der Waals surface area (Å²) in [4.78, 5) is 25.8. The third-order valence-corrected chi connectivity index (χ3v) is 2.20. The predicted octanol–water partition coefficient (Wildman–Crippen LogP) is 0.684. The number of hydrogen-bond donors (Lipinski definition) is 3. The Balaban J connectivity index is 2.02. The average Bonchev–Trinajstić information content (AvgIpc) is 2.84. The van der Waals surface area contributed by atoms with E-state index in [1.54, 1.807) is 24.3 Å². The fourth-order valence-electron chi connectivity index (χ4n) is 1.39. The van der Waals surface area contributed by atoms with E-state index in [-0.39, 0.29) is 12.2 Å². The van der Waals surface area contributed by atoms with Crippen LogP contribution in [0.1, 0.15) is 16.2 Å². The largest absolute Gasteiger partial charge is 0.481 e. The molecule has 0 aliphatic rings. The van der Waals surface area contributed by atoms with Gasteiger partial charge in [0.05, 0.1) is 6.42 Å². The van der Waals surface area contributed by atoms with Crippen LogP contribution in [0.4, 0.5) is 5.69 Å². The minimum Gasteiger partial charge on any atom is -0.481 e. The molecule has 1 heterocycles. The van der Waals surface area contributed by atoms with Gasteiger partial charge in [-0.3, -0.25) is 14.7 Å². The van der Waals surface area contributed by atoms with Crippen LogP contribution in [0.5, 0.6) is 0 Å². The number of benzene rings is 1. The Kier molecular flexibility index (Phi) is 3.33. The van der Waals surface area contributed by atoms with Crippen molar-refractivity contribution in [1.29, 1.82) is 0 Å². The molecule has 0 unspecified atom stereocenters. The lowest BCUT2D eigenvalue weighted by molar-refractivity contribution is -0.136. The fourth-order valence-corrected chi connectivity index (χ4v) is 1.39. The van der Waals surface area contributed by atoms with Crippen molar-refractivity contribution in [2.45, 2.75) is 6.42 Å². The Morgan fingerprint density at radius 3 is 2.56 bits per heavy atom. The number of aromatic amines is 1. The molecule has 92 valence electrons. The van der Waals surface area contributed by atoms with E-state index in [2.05, 4.69) is 20.5 Å². The summed E-state index contributed by atoms with van der Waals surface area (Å²) >= 11 is 0. The minimum absolute atomic E-state index is 0.0453. The van der Waals surface area contributed by atoms with E-state index in [0.717, 1.165) is 0 Å². The molecule has 18 heavy (non-hydrogen) atoms. The molecule has 1 amide bonds. The van der Waals surface area contributed by atoms with Gasteiger partial charge in [0.15, 0.2) is 0 Å². The van der Waals surface area contributed by atoms with Crippen LogP contribution in [0, 0.1) is 0 Å². The molecule has 1 aromatic heterocycles. The normalized spacial score (nSPS) is 10.0. The first kappa shape index (κ1) is 11.8. The number of carbonyl (C=O) groups excluding carboxylic acids is 1. The summed E-state index contributed by atoms with van der Waals surface area (Å²) in [7, 11) is 0. The topological polar surface area (TPSA) is 108 Å². The summed E-state index contributed by atoms with van der Waals surface area (Å²) in [6.07, 6.45) is 1.20. The number of carbonyl (C=O) groups is 2. The number of amides is 1. The zero-order valence-corrected chi connectivity index (χ0v) is 9.25. The van der Waals surface area contributed by atoms with Gasteiger partial charge in [0.1, 0.15) is 6.33 Å². The molecule has 0 bridgehead atoms. The number of nitrogens with zero attached hydrogens (tertiary/aromatic N) is 2. The van der Waals surface area contributed by atoms with Crippen molar-refractivity contribution in [3.05, 3.63) is 42.0 Å². The van der Waals surface area contributed by atoms with Crippen LogP contribution in [0.3, 0.4) is 0 Å². The van der Waals surface area contributed by atoms with E-state index < -0.39 is 11.9 Å². The van der Waals surface area contributed by atoms with Gasteiger partial charge in [0, 0.05) is 5.69 Å². The quantitative estimate of drug-likeness (QED) is 0.735. The molecule has 0 atom stereocenters. The molecule has 0 aliphatic heterocycles. The number of hydrogen-bond acceptors (Lipinski definition) is 4. The number of rotatable bonds is 4. The molecule has 2 rings (SSSR count). The molecule has 0 saturated carbocycles. The molecular weight excluding hydrogens is 236 g/mol. The van der Waals surface area contributed by atoms with Crippen LogP contribution in [-0.2, 0) is 11.2 Å². The van der Waals surface area contributed by atoms with Gasteiger partial charge in [-0.2, -0.15) is 5.10 Å². The molecule has 3 N–H and O–H groups in total. The summed E-state index contributed by atoms with van der Waals surface area (Å²) in [6.45, 7) is 0. The molecule has 0 radical (unpaired) electrons. The number of aliphatic carboxylic acids is 1. The van der Waals surface area contributed by atoms with Crippen molar-refractivity contribution < 1.29 is 14.7 Å². The SMILES string of the molecule is O=C(O)Cc1ccc(NC(=O)c2ncn[nH]2)cc1. The standard InChI is InChI=1S/C11H10N4O3/c16-9(17)5-7-1-3-8(4-2-7)14-11(18)10-12-6-13-15-10/h1-4,6H,5H2,(H,14,18)(H,16,17)(H,12,13,15). The van der Waals surface area contributed by atoms with Crippen LogP contribution >= 0.6 is 0 Å². The molecule has 0 aliphatic carbocycles. The second-order valence-electron chi connectivity index (χ2n) is 3.56. The summed E-state index contributed by atoms with van der Waals surface area (Å²) in [5, 5.41) is 17.2. The van der Waals surface area contributed by atoms with Gasteiger partial charge in [-0.1, -0.05) is 12.1 Å². The molecule has 0 saturated heterocycles. The highest BCUT2D eigenvalue weighted by Crippen LogP contribution is 2.10. The fraction of sp³-hybridized carbons (Fsp3) is 0.0909. The third-order valence-electron chi connectivity index (χ3n) is 2.20. The molecule has 0 spiro atoms. The van der Waals surface area contributed by atoms with Gasteiger partial charge in [0.2, 0.25) is 5.82 Å². The van der Waals surface area contributed by atoms with E-state index in [1.165, 1.54) is 6.33 Å². The molecule has 7 heteroatoms. The number of anilines is 1. The summed E-state index contributed by atoms with van der Waals surface area (Å²) in [5.41, 5.74) is 1.23. The number of H-pyrrole nitrogens is 1.